The maximum Gasteiger partial charge on any atom is 0.295 e. The molecule has 1 aliphatic heterocycles. The molecule has 192 valence electrons. The normalized spacial score (nSPS) is 16.6. The van der Waals surface area contributed by atoms with Gasteiger partial charge in [-0.25, -0.2) is 0 Å². The van der Waals surface area contributed by atoms with E-state index < -0.39 is 17.7 Å². The minimum atomic E-state index is -0.782. The van der Waals surface area contributed by atoms with E-state index in [1.807, 2.05) is 31.2 Å². The van der Waals surface area contributed by atoms with Crippen LogP contribution in [-0.2, 0) is 16.0 Å². The highest BCUT2D eigenvalue weighted by Gasteiger charge is 2.45. The molecule has 3 aromatic rings. The van der Waals surface area contributed by atoms with Gasteiger partial charge < -0.3 is 24.2 Å². The molecule has 1 aliphatic rings. The number of nitrogens with zero attached hydrogens (tertiary/aromatic N) is 1. The van der Waals surface area contributed by atoms with Crippen molar-refractivity contribution in [3.8, 4) is 17.2 Å². The van der Waals surface area contributed by atoms with Crippen LogP contribution < -0.4 is 14.2 Å². The van der Waals surface area contributed by atoms with E-state index in [1.54, 1.807) is 56.7 Å². The third kappa shape index (κ3) is 5.42. The summed E-state index contributed by atoms with van der Waals surface area (Å²) in [7, 11) is 3.16. The molecule has 0 spiro atoms. The summed E-state index contributed by atoms with van der Waals surface area (Å²) in [5.41, 5.74) is 2.00. The maximum atomic E-state index is 13.3. The first-order valence-electron chi connectivity index (χ1n) is 11.9. The van der Waals surface area contributed by atoms with Crippen LogP contribution in [0.4, 0.5) is 0 Å². The van der Waals surface area contributed by atoms with Crippen molar-refractivity contribution < 1.29 is 28.9 Å². The molecule has 1 heterocycles. The number of carbonyl (C=O) groups is 2. The number of Topliss-reactive ketones (excluding diaryl/α,β-unsaturated/α-hetero) is 1. The van der Waals surface area contributed by atoms with Gasteiger partial charge in [-0.15, -0.1) is 0 Å². The fourth-order valence-corrected chi connectivity index (χ4v) is 4.53. The summed E-state index contributed by atoms with van der Waals surface area (Å²) < 4.78 is 16.0. The number of likely N-dealkylation sites (tertiary alicyclic amines) is 1. The van der Waals surface area contributed by atoms with Gasteiger partial charge in [-0.2, -0.15) is 0 Å². The number of halogens is 1. The minimum Gasteiger partial charge on any atom is -0.507 e. The highest BCUT2D eigenvalue weighted by atomic mass is 35.5. The van der Waals surface area contributed by atoms with Crippen LogP contribution in [0.3, 0.4) is 0 Å². The molecule has 0 aliphatic carbocycles. The predicted molar refractivity (Wildman–Crippen MR) is 141 cm³/mol. The van der Waals surface area contributed by atoms with Gasteiger partial charge in [0, 0.05) is 12.1 Å². The smallest absolute Gasteiger partial charge is 0.295 e. The van der Waals surface area contributed by atoms with Crippen LogP contribution in [0, 0.1) is 0 Å². The highest BCUT2D eigenvalue weighted by Crippen LogP contribution is 2.41. The second kappa shape index (κ2) is 11.4. The Morgan fingerprint density at radius 2 is 1.57 bits per heavy atom. The first-order chi connectivity index (χ1) is 17.9. The molecule has 1 saturated heterocycles. The van der Waals surface area contributed by atoms with Crippen molar-refractivity contribution in [3.05, 3.63) is 94.0 Å². The van der Waals surface area contributed by atoms with Crippen molar-refractivity contribution in [1.82, 2.24) is 4.90 Å². The SMILES string of the molecule is CCOc1cc(/C(O)=C2/C(=O)C(=O)N(CCc3ccc(OC)cc3)C2c2ccc(OC)cc2)ccc1Cl. The summed E-state index contributed by atoms with van der Waals surface area (Å²) in [4.78, 5) is 28.0. The number of amides is 1. The fraction of sp³-hybridized carbons (Fsp3) is 0.241. The van der Waals surface area contributed by atoms with Crippen LogP contribution in [0.15, 0.2) is 72.3 Å². The van der Waals surface area contributed by atoms with Crippen LogP contribution in [0.5, 0.6) is 17.2 Å². The molecule has 0 bridgehead atoms. The van der Waals surface area contributed by atoms with Crippen molar-refractivity contribution >= 4 is 29.1 Å². The van der Waals surface area contributed by atoms with Crippen molar-refractivity contribution in [1.29, 1.82) is 0 Å². The average Bonchev–Trinajstić information content (AvgIpc) is 3.18. The van der Waals surface area contributed by atoms with Gasteiger partial charge in [-0.3, -0.25) is 9.59 Å². The minimum absolute atomic E-state index is 0.00895. The number of methoxy groups -OCH3 is 2. The highest BCUT2D eigenvalue weighted by molar-refractivity contribution is 6.46. The molecule has 37 heavy (non-hydrogen) atoms. The van der Waals surface area contributed by atoms with Gasteiger partial charge in [0.25, 0.3) is 11.7 Å². The lowest BCUT2D eigenvalue weighted by atomic mass is 9.95. The van der Waals surface area contributed by atoms with Gasteiger partial charge in [-0.1, -0.05) is 35.9 Å². The molecule has 0 saturated carbocycles. The standard InChI is InChI=1S/C29H28ClNO6/c1-4-37-24-17-20(9-14-23(24)30)27(32)25-26(19-7-12-22(36-3)13-8-19)31(29(34)28(25)33)16-15-18-5-10-21(35-2)11-6-18/h5-14,17,26,32H,4,15-16H2,1-3H3/b27-25-. The zero-order valence-corrected chi connectivity index (χ0v) is 21.6. The molecule has 1 atom stereocenters. The molecule has 3 aromatic carbocycles. The Morgan fingerprint density at radius 3 is 2.16 bits per heavy atom. The Labute approximate surface area is 220 Å². The lowest BCUT2D eigenvalue weighted by Gasteiger charge is -2.25. The van der Waals surface area contributed by atoms with E-state index in [9.17, 15) is 14.7 Å². The number of hydrogen-bond acceptors (Lipinski definition) is 6. The molecule has 1 amide bonds. The number of ketones is 1. The monoisotopic (exact) mass is 521 g/mol. The van der Waals surface area contributed by atoms with E-state index in [2.05, 4.69) is 0 Å². The van der Waals surface area contributed by atoms with E-state index in [0.29, 0.717) is 40.7 Å². The Bertz CT molecular complexity index is 1320. The van der Waals surface area contributed by atoms with Crippen molar-refractivity contribution in [2.45, 2.75) is 19.4 Å². The molecule has 1 fully saturated rings. The first-order valence-corrected chi connectivity index (χ1v) is 12.2. The number of hydrogen-bond donors (Lipinski definition) is 1. The molecule has 1 unspecified atom stereocenters. The van der Waals surface area contributed by atoms with Crippen LogP contribution in [0.2, 0.25) is 5.02 Å². The summed E-state index contributed by atoms with van der Waals surface area (Å²) >= 11 is 6.21. The summed E-state index contributed by atoms with van der Waals surface area (Å²) in [6.07, 6.45) is 0.513. The summed E-state index contributed by atoms with van der Waals surface area (Å²) in [5.74, 6) is 0.0392. The number of aliphatic hydroxyl groups excluding tert-OH is 1. The molecule has 4 rings (SSSR count). The molecular formula is C29H28ClNO6. The summed E-state index contributed by atoms with van der Waals surface area (Å²) in [6.45, 7) is 2.47. The molecular weight excluding hydrogens is 494 g/mol. The summed E-state index contributed by atoms with van der Waals surface area (Å²) in [5, 5.41) is 11.7. The van der Waals surface area contributed by atoms with Gasteiger partial charge >= 0.3 is 0 Å². The zero-order valence-electron chi connectivity index (χ0n) is 20.9. The Morgan fingerprint density at radius 1 is 0.946 bits per heavy atom. The molecule has 7 nitrogen and oxygen atoms in total. The third-order valence-electron chi connectivity index (χ3n) is 6.28. The van der Waals surface area contributed by atoms with Crippen molar-refractivity contribution in [2.24, 2.45) is 0 Å². The number of carbonyl (C=O) groups excluding carboxylic acids is 2. The fourth-order valence-electron chi connectivity index (χ4n) is 4.36. The van der Waals surface area contributed by atoms with E-state index >= 15 is 0 Å². The van der Waals surface area contributed by atoms with Gasteiger partial charge in [0.05, 0.1) is 37.5 Å². The lowest BCUT2D eigenvalue weighted by Crippen LogP contribution is -2.31. The van der Waals surface area contributed by atoms with Gasteiger partial charge in [0.15, 0.2) is 0 Å². The topological polar surface area (TPSA) is 85.3 Å². The maximum absolute atomic E-state index is 13.3. The molecule has 0 aromatic heterocycles. The number of ether oxygens (including phenoxy) is 3. The van der Waals surface area contributed by atoms with E-state index in [4.69, 9.17) is 25.8 Å². The van der Waals surface area contributed by atoms with Crippen LogP contribution in [0.25, 0.3) is 5.76 Å². The Kier molecular flexibility index (Phi) is 8.04. The Hall–Kier alpha value is -3.97. The van der Waals surface area contributed by atoms with E-state index in [0.717, 1.165) is 11.3 Å². The van der Waals surface area contributed by atoms with Gasteiger partial charge in [0.2, 0.25) is 0 Å². The predicted octanol–water partition coefficient (Wildman–Crippen LogP) is 5.42. The van der Waals surface area contributed by atoms with E-state index in [-0.39, 0.29) is 17.9 Å². The van der Waals surface area contributed by atoms with Crippen LogP contribution in [-0.4, -0.2) is 49.1 Å². The second-order valence-electron chi connectivity index (χ2n) is 8.44. The first kappa shape index (κ1) is 26.1. The number of aliphatic hydroxyl groups is 1. The lowest BCUT2D eigenvalue weighted by molar-refractivity contribution is -0.139. The van der Waals surface area contributed by atoms with Crippen LogP contribution >= 0.6 is 11.6 Å². The quantitative estimate of drug-likeness (QED) is 0.230. The van der Waals surface area contributed by atoms with Gasteiger partial charge in [-0.05, 0) is 66.9 Å². The molecule has 1 N–H and O–H groups in total. The summed E-state index contributed by atoms with van der Waals surface area (Å²) in [6, 6.07) is 18.6. The van der Waals surface area contributed by atoms with E-state index in [1.165, 1.54) is 4.90 Å². The van der Waals surface area contributed by atoms with Gasteiger partial charge in [0.1, 0.15) is 23.0 Å². The van der Waals surface area contributed by atoms with Crippen LogP contribution in [0.1, 0.15) is 29.7 Å². The molecule has 8 heteroatoms. The number of rotatable bonds is 9. The zero-order chi connectivity index (χ0) is 26.5. The third-order valence-corrected chi connectivity index (χ3v) is 6.59. The number of benzene rings is 3. The Balaban J connectivity index is 1.76. The largest absolute Gasteiger partial charge is 0.507 e. The average molecular weight is 522 g/mol. The van der Waals surface area contributed by atoms with Crippen molar-refractivity contribution in [3.63, 3.8) is 0 Å². The second-order valence-corrected chi connectivity index (χ2v) is 8.85. The molecule has 0 radical (unpaired) electrons. The van der Waals surface area contributed by atoms with Crippen molar-refractivity contribution in [2.75, 3.05) is 27.4 Å².